The third-order valence-corrected chi connectivity index (χ3v) is 2.98. The van der Waals surface area contributed by atoms with Crippen LogP contribution in [0.15, 0.2) is 42.6 Å². The molecule has 90 valence electrons. The highest BCUT2D eigenvalue weighted by atomic mass is 15.3. The van der Waals surface area contributed by atoms with Crippen LogP contribution in [-0.2, 0) is 6.54 Å². The summed E-state index contributed by atoms with van der Waals surface area (Å²) in [5.74, 6) is 0.736. The van der Waals surface area contributed by atoms with Crippen molar-refractivity contribution in [3.63, 3.8) is 0 Å². The van der Waals surface area contributed by atoms with E-state index in [2.05, 4.69) is 10.1 Å². The van der Waals surface area contributed by atoms with Crippen molar-refractivity contribution in [2.24, 2.45) is 5.73 Å². The SMILES string of the molecule is Cc1cccn2nc(-c3cccc(CN)c3)nc12. The fourth-order valence-corrected chi connectivity index (χ4v) is 2.00. The van der Waals surface area contributed by atoms with E-state index >= 15 is 0 Å². The van der Waals surface area contributed by atoms with E-state index in [-0.39, 0.29) is 0 Å². The average Bonchev–Trinajstić information content (AvgIpc) is 2.84. The second-order valence-corrected chi connectivity index (χ2v) is 4.30. The molecule has 0 bridgehead atoms. The number of aryl methyl sites for hydroxylation is 1. The number of rotatable bonds is 2. The standard InChI is InChI=1S/C14H14N4/c1-10-4-3-7-18-14(10)16-13(17-18)12-6-2-5-11(8-12)9-15/h2-8H,9,15H2,1H3. The fourth-order valence-electron chi connectivity index (χ4n) is 2.00. The van der Waals surface area contributed by atoms with Crippen LogP contribution in [0.1, 0.15) is 11.1 Å². The maximum Gasteiger partial charge on any atom is 0.182 e. The van der Waals surface area contributed by atoms with Crippen LogP contribution in [0.25, 0.3) is 17.0 Å². The van der Waals surface area contributed by atoms with Gasteiger partial charge in [0.15, 0.2) is 11.5 Å². The Morgan fingerprint density at radius 1 is 1.22 bits per heavy atom. The molecule has 1 aromatic carbocycles. The maximum atomic E-state index is 5.65. The number of hydrogen-bond donors (Lipinski definition) is 1. The molecule has 0 spiro atoms. The van der Waals surface area contributed by atoms with E-state index in [4.69, 9.17) is 5.73 Å². The zero-order valence-electron chi connectivity index (χ0n) is 10.2. The summed E-state index contributed by atoms with van der Waals surface area (Å²) < 4.78 is 1.81. The number of aromatic nitrogens is 3. The number of hydrogen-bond acceptors (Lipinski definition) is 3. The molecule has 2 aromatic heterocycles. The number of nitrogens with zero attached hydrogens (tertiary/aromatic N) is 3. The van der Waals surface area contributed by atoms with Gasteiger partial charge in [0.25, 0.3) is 0 Å². The van der Waals surface area contributed by atoms with E-state index in [1.807, 2.05) is 49.5 Å². The van der Waals surface area contributed by atoms with Crippen molar-refractivity contribution in [2.45, 2.75) is 13.5 Å². The lowest BCUT2D eigenvalue weighted by atomic mass is 10.1. The van der Waals surface area contributed by atoms with Gasteiger partial charge in [-0.3, -0.25) is 0 Å². The minimum absolute atomic E-state index is 0.528. The fraction of sp³-hybridized carbons (Fsp3) is 0.143. The van der Waals surface area contributed by atoms with Gasteiger partial charge in [-0.2, -0.15) is 0 Å². The van der Waals surface area contributed by atoms with Crippen molar-refractivity contribution in [3.8, 4) is 11.4 Å². The van der Waals surface area contributed by atoms with Gasteiger partial charge in [0, 0.05) is 18.3 Å². The summed E-state index contributed by atoms with van der Waals surface area (Å²) in [6.07, 6.45) is 1.91. The van der Waals surface area contributed by atoms with Crippen molar-refractivity contribution < 1.29 is 0 Å². The van der Waals surface area contributed by atoms with Gasteiger partial charge in [-0.05, 0) is 30.2 Å². The molecule has 0 aliphatic heterocycles. The minimum Gasteiger partial charge on any atom is -0.326 e. The first-order valence-electron chi connectivity index (χ1n) is 5.89. The second kappa shape index (κ2) is 4.23. The van der Waals surface area contributed by atoms with Crippen molar-refractivity contribution in [2.75, 3.05) is 0 Å². The van der Waals surface area contributed by atoms with Crippen molar-refractivity contribution >= 4 is 5.65 Å². The zero-order valence-corrected chi connectivity index (χ0v) is 10.2. The van der Waals surface area contributed by atoms with Crippen LogP contribution in [0, 0.1) is 6.92 Å². The lowest BCUT2D eigenvalue weighted by Gasteiger charge is -1.98. The van der Waals surface area contributed by atoms with E-state index in [0.29, 0.717) is 6.54 Å². The molecule has 0 fully saturated rings. The van der Waals surface area contributed by atoms with Crippen molar-refractivity contribution in [1.82, 2.24) is 14.6 Å². The van der Waals surface area contributed by atoms with E-state index in [1.54, 1.807) is 4.52 Å². The van der Waals surface area contributed by atoms with Gasteiger partial charge in [-0.1, -0.05) is 24.3 Å². The Kier molecular flexibility index (Phi) is 2.57. The number of nitrogens with two attached hydrogens (primary N) is 1. The summed E-state index contributed by atoms with van der Waals surface area (Å²) in [5, 5.41) is 4.48. The molecule has 4 nitrogen and oxygen atoms in total. The second-order valence-electron chi connectivity index (χ2n) is 4.30. The average molecular weight is 238 g/mol. The molecule has 0 amide bonds. The van der Waals surface area contributed by atoms with Crippen LogP contribution < -0.4 is 5.73 Å². The molecule has 0 aliphatic carbocycles. The highest BCUT2D eigenvalue weighted by Gasteiger charge is 2.07. The van der Waals surface area contributed by atoms with Crippen molar-refractivity contribution in [3.05, 3.63) is 53.7 Å². The summed E-state index contributed by atoms with van der Waals surface area (Å²) in [5.41, 5.74) is 9.75. The molecular weight excluding hydrogens is 224 g/mol. The lowest BCUT2D eigenvalue weighted by molar-refractivity contribution is 0.960. The predicted molar refractivity (Wildman–Crippen MR) is 71.1 cm³/mol. The molecule has 0 radical (unpaired) electrons. The third-order valence-electron chi connectivity index (χ3n) is 2.98. The number of benzene rings is 1. The Morgan fingerprint density at radius 2 is 2.11 bits per heavy atom. The predicted octanol–water partition coefficient (Wildman–Crippen LogP) is 2.16. The normalized spacial score (nSPS) is 11.0. The van der Waals surface area contributed by atoms with Crippen LogP contribution in [-0.4, -0.2) is 14.6 Å². The molecule has 2 heterocycles. The van der Waals surface area contributed by atoms with Crippen LogP contribution >= 0.6 is 0 Å². The Balaban J connectivity index is 2.16. The monoisotopic (exact) mass is 238 g/mol. The molecule has 2 N–H and O–H groups in total. The molecule has 0 saturated heterocycles. The van der Waals surface area contributed by atoms with E-state index in [0.717, 1.165) is 28.2 Å². The molecule has 0 saturated carbocycles. The molecule has 18 heavy (non-hydrogen) atoms. The Hall–Kier alpha value is -2.20. The van der Waals surface area contributed by atoms with Gasteiger partial charge in [-0.25, -0.2) is 9.50 Å². The van der Waals surface area contributed by atoms with Gasteiger partial charge in [0.1, 0.15) is 0 Å². The number of pyridine rings is 1. The van der Waals surface area contributed by atoms with Crippen LogP contribution in [0.5, 0.6) is 0 Å². The highest BCUT2D eigenvalue weighted by Crippen LogP contribution is 2.18. The summed E-state index contributed by atoms with van der Waals surface area (Å²) in [6, 6.07) is 12.0. The smallest absolute Gasteiger partial charge is 0.182 e. The summed E-state index contributed by atoms with van der Waals surface area (Å²) in [4.78, 5) is 4.57. The quantitative estimate of drug-likeness (QED) is 0.744. The largest absolute Gasteiger partial charge is 0.326 e. The Morgan fingerprint density at radius 3 is 2.89 bits per heavy atom. The van der Waals surface area contributed by atoms with E-state index < -0.39 is 0 Å². The van der Waals surface area contributed by atoms with Crippen LogP contribution in [0.3, 0.4) is 0 Å². The lowest BCUT2D eigenvalue weighted by Crippen LogP contribution is -1.96. The topological polar surface area (TPSA) is 56.2 Å². The van der Waals surface area contributed by atoms with Crippen LogP contribution in [0.2, 0.25) is 0 Å². The van der Waals surface area contributed by atoms with Gasteiger partial charge in [0.2, 0.25) is 0 Å². The summed E-state index contributed by atoms with van der Waals surface area (Å²) in [6.45, 7) is 2.56. The molecule has 3 rings (SSSR count). The Labute approximate surface area is 105 Å². The number of fused-ring (bicyclic) bond motifs is 1. The van der Waals surface area contributed by atoms with Gasteiger partial charge < -0.3 is 5.73 Å². The first-order chi connectivity index (χ1) is 8.78. The highest BCUT2D eigenvalue weighted by molar-refractivity contribution is 5.60. The minimum atomic E-state index is 0.528. The van der Waals surface area contributed by atoms with Crippen molar-refractivity contribution in [1.29, 1.82) is 0 Å². The van der Waals surface area contributed by atoms with Crippen LogP contribution in [0.4, 0.5) is 0 Å². The Bertz CT molecular complexity index is 700. The zero-order chi connectivity index (χ0) is 12.5. The van der Waals surface area contributed by atoms with Gasteiger partial charge in [0.05, 0.1) is 0 Å². The molecule has 0 atom stereocenters. The first kappa shape index (κ1) is 10.9. The van der Waals surface area contributed by atoms with E-state index in [9.17, 15) is 0 Å². The summed E-state index contributed by atoms with van der Waals surface area (Å²) in [7, 11) is 0. The van der Waals surface area contributed by atoms with Gasteiger partial charge in [-0.15, -0.1) is 5.10 Å². The molecule has 3 aromatic rings. The maximum absolute atomic E-state index is 5.65. The molecular formula is C14H14N4. The van der Waals surface area contributed by atoms with E-state index in [1.165, 1.54) is 0 Å². The third kappa shape index (κ3) is 1.76. The molecule has 0 aliphatic rings. The molecule has 0 unspecified atom stereocenters. The van der Waals surface area contributed by atoms with Gasteiger partial charge >= 0.3 is 0 Å². The first-order valence-corrected chi connectivity index (χ1v) is 5.89. The molecule has 4 heteroatoms. The summed E-state index contributed by atoms with van der Waals surface area (Å²) >= 11 is 0.